The third-order valence-electron chi connectivity index (χ3n) is 5.91. The van der Waals surface area contributed by atoms with Crippen LogP contribution in [0.3, 0.4) is 0 Å². The quantitative estimate of drug-likeness (QED) is 0.753. The lowest BCUT2D eigenvalue weighted by molar-refractivity contribution is 0.0939. The third kappa shape index (κ3) is 4.93. The molecule has 1 fully saturated rings. The molecule has 1 aliphatic rings. The number of carbonyl (C=O) groups is 1. The second-order valence-electron chi connectivity index (χ2n) is 8.35. The van der Waals surface area contributed by atoms with Crippen LogP contribution in [0, 0.1) is 20.8 Å². The van der Waals surface area contributed by atoms with Crippen molar-refractivity contribution >= 4 is 15.9 Å². The number of carbonyl (C=O) groups excluding carboxylic acids is 1. The van der Waals surface area contributed by atoms with Crippen LogP contribution in [0.4, 0.5) is 0 Å². The molecule has 1 atom stereocenters. The van der Waals surface area contributed by atoms with Gasteiger partial charge in [-0.2, -0.15) is 4.31 Å². The van der Waals surface area contributed by atoms with Gasteiger partial charge in [-0.3, -0.25) is 4.79 Å². The largest absolute Gasteiger partial charge is 0.345 e. The summed E-state index contributed by atoms with van der Waals surface area (Å²) in [6, 6.07) is 10.9. The van der Waals surface area contributed by atoms with Gasteiger partial charge >= 0.3 is 0 Å². The fourth-order valence-corrected chi connectivity index (χ4v) is 5.56. The summed E-state index contributed by atoms with van der Waals surface area (Å²) in [6.07, 6.45) is 3.88. The standard InChI is InChI=1S/C24H32N2O3S/c1-17-9-10-18(2)22(15-17)20(4)25-24(27)23-16-21(12-11-19(23)3)30(28,29)26-13-7-5-6-8-14-26/h9-12,15-16,20H,5-8,13-14H2,1-4H3,(H,25,27)/t20-/m1/s1. The lowest BCUT2D eigenvalue weighted by Gasteiger charge is -2.21. The molecule has 1 saturated heterocycles. The van der Waals surface area contributed by atoms with E-state index in [0.717, 1.165) is 47.9 Å². The molecule has 0 bridgehead atoms. The SMILES string of the molecule is Cc1ccc(C)c([C@@H](C)NC(=O)c2cc(S(=O)(=O)N3CCCCCC3)ccc2C)c1. The summed E-state index contributed by atoms with van der Waals surface area (Å²) in [6.45, 7) is 8.92. The van der Waals surface area contributed by atoms with Crippen molar-refractivity contribution in [2.45, 2.75) is 64.3 Å². The van der Waals surface area contributed by atoms with E-state index in [9.17, 15) is 13.2 Å². The van der Waals surface area contributed by atoms with Gasteiger partial charge in [-0.15, -0.1) is 0 Å². The summed E-state index contributed by atoms with van der Waals surface area (Å²) >= 11 is 0. The van der Waals surface area contributed by atoms with E-state index in [2.05, 4.69) is 17.4 Å². The van der Waals surface area contributed by atoms with Crippen LogP contribution in [-0.2, 0) is 10.0 Å². The van der Waals surface area contributed by atoms with Crippen molar-refractivity contribution in [1.29, 1.82) is 0 Å². The molecule has 0 unspecified atom stereocenters. The van der Waals surface area contributed by atoms with Gasteiger partial charge in [-0.05, 0) is 69.4 Å². The summed E-state index contributed by atoms with van der Waals surface area (Å²) in [7, 11) is -3.60. The number of hydrogen-bond donors (Lipinski definition) is 1. The molecule has 1 amide bonds. The molecule has 0 aliphatic carbocycles. The number of amides is 1. The minimum Gasteiger partial charge on any atom is -0.345 e. The minimum absolute atomic E-state index is 0.178. The number of aryl methyl sites for hydroxylation is 3. The Bertz CT molecular complexity index is 1020. The Balaban J connectivity index is 1.85. The van der Waals surface area contributed by atoms with Crippen LogP contribution in [0.5, 0.6) is 0 Å². The molecule has 2 aromatic rings. The van der Waals surface area contributed by atoms with Crippen molar-refractivity contribution < 1.29 is 13.2 Å². The van der Waals surface area contributed by atoms with Gasteiger partial charge < -0.3 is 5.32 Å². The van der Waals surface area contributed by atoms with E-state index < -0.39 is 10.0 Å². The summed E-state index contributed by atoms with van der Waals surface area (Å²) in [5.41, 5.74) is 4.48. The normalized spacial score (nSPS) is 16.7. The first-order valence-electron chi connectivity index (χ1n) is 10.7. The van der Waals surface area contributed by atoms with Crippen molar-refractivity contribution in [1.82, 2.24) is 9.62 Å². The van der Waals surface area contributed by atoms with Gasteiger partial charge in [0.1, 0.15) is 0 Å². The molecule has 0 aromatic heterocycles. The fourth-order valence-electron chi connectivity index (χ4n) is 4.02. The monoisotopic (exact) mass is 428 g/mol. The van der Waals surface area contributed by atoms with E-state index in [1.165, 1.54) is 6.07 Å². The Morgan fingerprint density at radius 1 is 0.933 bits per heavy atom. The van der Waals surface area contributed by atoms with Crippen LogP contribution in [-0.4, -0.2) is 31.7 Å². The minimum atomic E-state index is -3.60. The molecule has 6 heteroatoms. The van der Waals surface area contributed by atoms with Crippen LogP contribution in [0.15, 0.2) is 41.3 Å². The van der Waals surface area contributed by atoms with Gasteiger partial charge in [-0.25, -0.2) is 8.42 Å². The highest BCUT2D eigenvalue weighted by Gasteiger charge is 2.26. The van der Waals surface area contributed by atoms with Gasteiger partial charge in [-0.1, -0.05) is 42.7 Å². The molecule has 2 aromatic carbocycles. The zero-order valence-electron chi connectivity index (χ0n) is 18.4. The summed E-state index contributed by atoms with van der Waals surface area (Å²) in [5, 5.41) is 3.04. The van der Waals surface area contributed by atoms with Gasteiger partial charge in [0.05, 0.1) is 10.9 Å². The second kappa shape index (κ2) is 9.31. The molecule has 1 N–H and O–H groups in total. The summed E-state index contributed by atoms with van der Waals surface area (Å²) < 4.78 is 27.9. The van der Waals surface area contributed by atoms with Crippen molar-refractivity contribution in [2.75, 3.05) is 13.1 Å². The van der Waals surface area contributed by atoms with Crippen molar-refractivity contribution in [3.63, 3.8) is 0 Å². The molecular formula is C24H32N2O3S. The first kappa shape index (κ1) is 22.5. The van der Waals surface area contributed by atoms with E-state index in [-0.39, 0.29) is 16.8 Å². The van der Waals surface area contributed by atoms with Gasteiger partial charge in [0.15, 0.2) is 0 Å². The maximum atomic E-state index is 13.1. The number of benzene rings is 2. The van der Waals surface area contributed by atoms with Crippen LogP contribution < -0.4 is 5.32 Å². The highest BCUT2D eigenvalue weighted by Crippen LogP contribution is 2.24. The average Bonchev–Trinajstić information content (AvgIpc) is 3.00. The Kier molecular flexibility index (Phi) is 6.98. The molecule has 162 valence electrons. The predicted octanol–water partition coefficient (Wildman–Crippen LogP) is 4.67. The van der Waals surface area contributed by atoms with Crippen molar-refractivity contribution in [2.24, 2.45) is 0 Å². The molecule has 30 heavy (non-hydrogen) atoms. The van der Waals surface area contributed by atoms with E-state index >= 15 is 0 Å². The number of hydrogen-bond acceptors (Lipinski definition) is 3. The van der Waals surface area contributed by atoms with Gasteiger partial charge in [0.2, 0.25) is 10.0 Å². The Morgan fingerprint density at radius 2 is 1.57 bits per heavy atom. The molecule has 0 spiro atoms. The zero-order valence-corrected chi connectivity index (χ0v) is 19.2. The van der Waals surface area contributed by atoms with Crippen LogP contribution in [0.25, 0.3) is 0 Å². The van der Waals surface area contributed by atoms with Crippen LogP contribution in [0.2, 0.25) is 0 Å². The van der Waals surface area contributed by atoms with E-state index in [0.29, 0.717) is 18.7 Å². The maximum Gasteiger partial charge on any atom is 0.252 e. The smallest absolute Gasteiger partial charge is 0.252 e. The lowest BCUT2D eigenvalue weighted by atomic mass is 9.99. The average molecular weight is 429 g/mol. The number of nitrogens with zero attached hydrogens (tertiary/aromatic N) is 1. The number of nitrogens with one attached hydrogen (secondary N) is 1. The lowest BCUT2D eigenvalue weighted by Crippen LogP contribution is -2.32. The van der Waals surface area contributed by atoms with E-state index in [4.69, 9.17) is 0 Å². The molecule has 3 rings (SSSR count). The molecule has 0 saturated carbocycles. The molecular weight excluding hydrogens is 396 g/mol. The topological polar surface area (TPSA) is 66.5 Å². The molecule has 1 heterocycles. The van der Waals surface area contributed by atoms with E-state index in [1.807, 2.05) is 33.8 Å². The molecule has 0 radical (unpaired) electrons. The van der Waals surface area contributed by atoms with Gasteiger partial charge in [0.25, 0.3) is 5.91 Å². The number of sulfonamides is 1. The summed E-state index contributed by atoms with van der Waals surface area (Å²) in [5.74, 6) is -0.256. The Morgan fingerprint density at radius 3 is 2.23 bits per heavy atom. The van der Waals surface area contributed by atoms with Gasteiger partial charge in [0, 0.05) is 18.7 Å². The number of rotatable bonds is 5. The molecule has 5 nitrogen and oxygen atoms in total. The highest BCUT2D eigenvalue weighted by molar-refractivity contribution is 7.89. The van der Waals surface area contributed by atoms with Crippen molar-refractivity contribution in [3.8, 4) is 0 Å². The van der Waals surface area contributed by atoms with E-state index in [1.54, 1.807) is 16.4 Å². The Hall–Kier alpha value is -2.18. The summed E-state index contributed by atoms with van der Waals surface area (Å²) in [4.78, 5) is 13.2. The first-order valence-corrected chi connectivity index (χ1v) is 12.1. The first-order chi connectivity index (χ1) is 14.2. The second-order valence-corrected chi connectivity index (χ2v) is 10.3. The third-order valence-corrected chi connectivity index (χ3v) is 7.80. The Labute approximate surface area is 180 Å². The van der Waals surface area contributed by atoms with Crippen LogP contribution >= 0.6 is 0 Å². The fraction of sp³-hybridized carbons (Fsp3) is 0.458. The van der Waals surface area contributed by atoms with Crippen LogP contribution in [0.1, 0.15) is 71.3 Å². The van der Waals surface area contributed by atoms with Crippen molar-refractivity contribution in [3.05, 3.63) is 64.2 Å². The maximum absolute atomic E-state index is 13.1. The highest BCUT2D eigenvalue weighted by atomic mass is 32.2. The molecule has 1 aliphatic heterocycles. The zero-order chi connectivity index (χ0) is 21.9. The predicted molar refractivity (Wildman–Crippen MR) is 120 cm³/mol.